The van der Waals surface area contributed by atoms with Gasteiger partial charge in [0.1, 0.15) is 0 Å². The lowest BCUT2D eigenvalue weighted by Crippen LogP contribution is -2.47. The van der Waals surface area contributed by atoms with E-state index < -0.39 is 0 Å². The van der Waals surface area contributed by atoms with Crippen LogP contribution in [0.5, 0.6) is 0 Å². The zero-order valence-corrected chi connectivity index (χ0v) is 17.5. The standard InChI is InChI=1S/C23H25Cl2N3/c24-18-12-20(25)22-26-19(16-28(22)14-18)15-27(13-17-6-2-1-3-7-17)21-8-4-9-23(21)10-5-11-23/h1-3,6-7,12,14,16,21H,4-5,8-11,13,15H2. The van der Waals surface area contributed by atoms with E-state index in [2.05, 4.69) is 41.4 Å². The highest BCUT2D eigenvalue weighted by molar-refractivity contribution is 6.36. The highest BCUT2D eigenvalue weighted by atomic mass is 35.5. The van der Waals surface area contributed by atoms with Crippen molar-refractivity contribution in [3.05, 3.63) is 70.1 Å². The summed E-state index contributed by atoms with van der Waals surface area (Å²) in [7, 11) is 0. The third-order valence-corrected chi connectivity index (χ3v) is 7.25. The molecule has 3 nitrogen and oxygen atoms in total. The number of benzene rings is 1. The average molecular weight is 414 g/mol. The van der Waals surface area contributed by atoms with Gasteiger partial charge in [0, 0.05) is 31.5 Å². The minimum atomic E-state index is 0.537. The normalized spacial score (nSPS) is 20.9. The summed E-state index contributed by atoms with van der Waals surface area (Å²) in [5.74, 6) is 0. The summed E-state index contributed by atoms with van der Waals surface area (Å²) in [6.45, 7) is 1.81. The van der Waals surface area contributed by atoms with Crippen LogP contribution in [0, 0.1) is 5.41 Å². The molecule has 1 spiro atoms. The summed E-state index contributed by atoms with van der Waals surface area (Å²) in [6, 6.07) is 13.2. The van der Waals surface area contributed by atoms with E-state index in [4.69, 9.17) is 28.2 Å². The van der Waals surface area contributed by atoms with Crippen molar-refractivity contribution in [1.29, 1.82) is 0 Å². The number of aromatic nitrogens is 2. The quantitative estimate of drug-likeness (QED) is 0.484. The van der Waals surface area contributed by atoms with E-state index >= 15 is 0 Å². The molecule has 2 heterocycles. The molecule has 5 heteroatoms. The number of hydrogen-bond donors (Lipinski definition) is 0. The van der Waals surface area contributed by atoms with Gasteiger partial charge in [0.2, 0.25) is 0 Å². The number of halogens is 2. The van der Waals surface area contributed by atoms with Crippen molar-refractivity contribution >= 4 is 28.8 Å². The molecule has 28 heavy (non-hydrogen) atoms. The van der Waals surface area contributed by atoms with Gasteiger partial charge in [-0.25, -0.2) is 4.98 Å². The van der Waals surface area contributed by atoms with Gasteiger partial charge >= 0.3 is 0 Å². The van der Waals surface area contributed by atoms with Crippen molar-refractivity contribution in [3.63, 3.8) is 0 Å². The maximum Gasteiger partial charge on any atom is 0.156 e. The highest BCUT2D eigenvalue weighted by Gasteiger charge is 2.49. The van der Waals surface area contributed by atoms with Crippen molar-refractivity contribution in [2.45, 2.75) is 57.7 Å². The number of hydrogen-bond acceptors (Lipinski definition) is 2. The van der Waals surface area contributed by atoms with Crippen molar-refractivity contribution in [1.82, 2.24) is 14.3 Å². The van der Waals surface area contributed by atoms with Crippen molar-refractivity contribution < 1.29 is 0 Å². The molecule has 1 aromatic carbocycles. The van der Waals surface area contributed by atoms with Gasteiger partial charge in [0.25, 0.3) is 0 Å². The summed E-state index contributed by atoms with van der Waals surface area (Å²) in [4.78, 5) is 7.49. The van der Waals surface area contributed by atoms with E-state index in [1.807, 2.05) is 10.6 Å². The second-order valence-electron chi connectivity index (χ2n) is 8.48. The first kappa shape index (κ1) is 18.5. The first-order chi connectivity index (χ1) is 13.6. The Morgan fingerprint density at radius 1 is 1.04 bits per heavy atom. The zero-order chi connectivity index (χ0) is 19.1. The van der Waals surface area contributed by atoms with E-state index in [1.54, 1.807) is 6.07 Å². The van der Waals surface area contributed by atoms with Gasteiger partial charge < -0.3 is 4.40 Å². The molecule has 0 amide bonds. The largest absolute Gasteiger partial charge is 0.304 e. The fourth-order valence-electron chi connectivity index (χ4n) is 5.36. The van der Waals surface area contributed by atoms with Gasteiger partial charge in [-0.2, -0.15) is 0 Å². The molecular weight excluding hydrogens is 389 g/mol. The van der Waals surface area contributed by atoms with Crippen LogP contribution in [0.4, 0.5) is 0 Å². The van der Waals surface area contributed by atoms with Gasteiger partial charge in [-0.05, 0) is 42.7 Å². The molecule has 0 saturated heterocycles. The fourth-order valence-corrected chi connectivity index (χ4v) is 5.89. The van der Waals surface area contributed by atoms with E-state index in [1.165, 1.54) is 44.1 Å². The van der Waals surface area contributed by atoms with Crippen LogP contribution in [0.25, 0.3) is 5.65 Å². The van der Waals surface area contributed by atoms with Crippen LogP contribution < -0.4 is 0 Å². The number of fused-ring (bicyclic) bond motifs is 1. The molecule has 0 aliphatic heterocycles. The zero-order valence-electron chi connectivity index (χ0n) is 16.0. The van der Waals surface area contributed by atoms with Gasteiger partial charge in [0.05, 0.1) is 15.7 Å². The Balaban J connectivity index is 1.47. The lowest BCUT2D eigenvalue weighted by molar-refractivity contribution is 0.0129. The van der Waals surface area contributed by atoms with Crippen LogP contribution in [-0.4, -0.2) is 20.3 Å². The Morgan fingerprint density at radius 3 is 2.57 bits per heavy atom. The molecule has 3 aromatic rings. The van der Waals surface area contributed by atoms with E-state index in [-0.39, 0.29) is 0 Å². The molecule has 5 rings (SSSR count). The van der Waals surface area contributed by atoms with Crippen LogP contribution in [0.1, 0.15) is 49.8 Å². The summed E-state index contributed by atoms with van der Waals surface area (Å²) < 4.78 is 1.95. The lowest BCUT2D eigenvalue weighted by Gasteiger charge is -2.48. The second kappa shape index (κ2) is 7.37. The van der Waals surface area contributed by atoms with Crippen molar-refractivity contribution in [3.8, 4) is 0 Å². The summed E-state index contributed by atoms with van der Waals surface area (Å²) >= 11 is 12.5. The highest BCUT2D eigenvalue weighted by Crippen LogP contribution is 2.55. The third kappa shape index (κ3) is 3.34. The van der Waals surface area contributed by atoms with Crippen LogP contribution >= 0.6 is 23.2 Å². The van der Waals surface area contributed by atoms with E-state index in [0.717, 1.165) is 24.4 Å². The molecule has 0 bridgehead atoms. The number of imidazole rings is 1. The molecular formula is C23H25Cl2N3. The first-order valence-corrected chi connectivity index (χ1v) is 11.0. The predicted molar refractivity (Wildman–Crippen MR) is 115 cm³/mol. The van der Waals surface area contributed by atoms with Crippen molar-refractivity contribution in [2.24, 2.45) is 5.41 Å². The van der Waals surface area contributed by atoms with Crippen LogP contribution in [0.3, 0.4) is 0 Å². The van der Waals surface area contributed by atoms with Crippen LogP contribution in [0.2, 0.25) is 10.0 Å². The monoisotopic (exact) mass is 413 g/mol. The summed E-state index contributed by atoms with van der Waals surface area (Å²) in [5.41, 5.74) is 3.75. The SMILES string of the molecule is Clc1cc(Cl)c2nc(CN(Cc3ccccc3)C3CCCC34CCC4)cn2c1. The molecule has 2 aromatic heterocycles. The van der Waals surface area contributed by atoms with Gasteiger partial charge in [0.15, 0.2) is 5.65 Å². The number of nitrogens with zero attached hydrogens (tertiary/aromatic N) is 3. The van der Waals surface area contributed by atoms with Gasteiger partial charge in [-0.1, -0.05) is 66.4 Å². The van der Waals surface area contributed by atoms with E-state index in [9.17, 15) is 0 Å². The Kier molecular flexibility index (Phi) is 4.86. The molecule has 2 aliphatic rings. The molecule has 2 saturated carbocycles. The first-order valence-electron chi connectivity index (χ1n) is 10.2. The Labute approximate surface area is 176 Å². The Morgan fingerprint density at radius 2 is 1.82 bits per heavy atom. The molecule has 1 atom stereocenters. The Bertz CT molecular complexity index is 978. The summed E-state index contributed by atoms with van der Waals surface area (Å²) in [6.07, 6.45) is 12.1. The summed E-state index contributed by atoms with van der Waals surface area (Å²) in [5, 5.41) is 1.23. The predicted octanol–water partition coefficient (Wildman–Crippen LogP) is 6.37. The number of rotatable bonds is 5. The molecule has 1 unspecified atom stereocenters. The van der Waals surface area contributed by atoms with Crippen molar-refractivity contribution in [2.75, 3.05) is 0 Å². The van der Waals surface area contributed by atoms with Crippen LogP contribution in [-0.2, 0) is 13.1 Å². The molecule has 2 aliphatic carbocycles. The molecule has 2 fully saturated rings. The number of pyridine rings is 1. The molecule has 0 radical (unpaired) electrons. The van der Waals surface area contributed by atoms with Gasteiger partial charge in [-0.3, -0.25) is 4.90 Å². The fraction of sp³-hybridized carbons (Fsp3) is 0.435. The minimum Gasteiger partial charge on any atom is -0.304 e. The molecule has 0 N–H and O–H groups in total. The topological polar surface area (TPSA) is 20.5 Å². The maximum absolute atomic E-state index is 6.36. The smallest absolute Gasteiger partial charge is 0.156 e. The Hall–Kier alpha value is -1.55. The third-order valence-electron chi connectivity index (χ3n) is 6.77. The second-order valence-corrected chi connectivity index (χ2v) is 9.33. The lowest BCUT2D eigenvalue weighted by atomic mass is 9.65. The average Bonchev–Trinajstić information content (AvgIpc) is 3.26. The molecule has 146 valence electrons. The van der Waals surface area contributed by atoms with E-state index in [0.29, 0.717) is 21.5 Å². The van der Waals surface area contributed by atoms with Crippen LogP contribution in [0.15, 0.2) is 48.8 Å². The van der Waals surface area contributed by atoms with Gasteiger partial charge in [-0.15, -0.1) is 0 Å². The maximum atomic E-state index is 6.36. The minimum absolute atomic E-state index is 0.537.